The van der Waals surface area contributed by atoms with Crippen LogP contribution in [0.1, 0.15) is 19.8 Å². The van der Waals surface area contributed by atoms with Gasteiger partial charge in [-0.2, -0.15) is 0 Å². The quantitative estimate of drug-likeness (QED) is 0.373. The zero-order valence-corrected chi connectivity index (χ0v) is 9.23. The number of carbonyl (C=O) groups is 1. The van der Waals surface area contributed by atoms with Crippen molar-refractivity contribution in [2.75, 3.05) is 27.1 Å². The van der Waals surface area contributed by atoms with E-state index in [0.29, 0.717) is 19.6 Å². The van der Waals surface area contributed by atoms with Crippen LogP contribution >= 0.6 is 0 Å². The molecular weight excluding hydrogens is 200 g/mol. The van der Waals surface area contributed by atoms with Gasteiger partial charge in [0.05, 0.1) is 25.7 Å². The molecule has 0 spiro atoms. The van der Waals surface area contributed by atoms with Crippen molar-refractivity contribution in [3.8, 4) is 0 Å². The van der Waals surface area contributed by atoms with Gasteiger partial charge in [-0.1, -0.05) is 0 Å². The van der Waals surface area contributed by atoms with Gasteiger partial charge in [0.2, 0.25) is 0 Å². The van der Waals surface area contributed by atoms with Crippen LogP contribution < -0.4 is 0 Å². The van der Waals surface area contributed by atoms with E-state index in [1.807, 2.05) is 6.92 Å². The van der Waals surface area contributed by atoms with Crippen LogP contribution in [-0.4, -0.2) is 45.3 Å². The zero-order valence-electron chi connectivity index (χ0n) is 9.23. The predicted octanol–water partition coefficient (Wildman–Crippen LogP) is 0.718. The molecule has 5 heteroatoms. The van der Waals surface area contributed by atoms with Gasteiger partial charge in [0.15, 0.2) is 0 Å². The summed E-state index contributed by atoms with van der Waals surface area (Å²) in [6.07, 6.45) is 0.913. The Hall–Kier alpha value is -0.650. The Bertz CT molecular complexity index is 194. The molecule has 0 aliphatic carbocycles. The number of methoxy groups -OCH3 is 1. The Morgan fingerprint density at radius 1 is 1.47 bits per heavy atom. The summed E-state index contributed by atoms with van der Waals surface area (Å²) in [5.74, 6) is -0.198. The van der Waals surface area contributed by atoms with E-state index in [9.17, 15) is 4.79 Å². The molecule has 0 saturated carbocycles. The first kappa shape index (κ1) is 12.4. The summed E-state index contributed by atoms with van der Waals surface area (Å²) in [7, 11) is 1.61. The minimum atomic E-state index is -0.198. The second kappa shape index (κ2) is 6.76. The molecule has 0 N–H and O–H groups in total. The van der Waals surface area contributed by atoms with E-state index in [2.05, 4.69) is 0 Å². The molecule has 0 aromatic rings. The van der Waals surface area contributed by atoms with E-state index in [-0.39, 0.29) is 25.0 Å². The number of rotatable bonds is 6. The fraction of sp³-hybridized carbons (Fsp3) is 0.900. The van der Waals surface area contributed by atoms with Gasteiger partial charge in [0.25, 0.3) is 0 Å². The summed E-state index contributed by atoms with van der Waals surface area (Å²) in [5, 5.41) is 0. The van der Waals surface area contributed by atoms with E-state index < -0.39 is 0 Å². The largest absolute Gasteiger partial charge is 0.462 e. The van der Waals surface area contributed by atoms with Crippen LogP contribution in [-0.2, 0) is 23.7 Å². The lowest BCUT2D eigenvalue weighted by Gasteiger charge is -2.26. The summed E-state index contributed by atoms with van der Waals surface area (Å²) >= 11 is 0. The van der Waals surface area contributed by atoms with Crippen LogP contribution in [0.25, 0.3) is 0 Å². The van der Waals surface area contributed by atoms with Crippen LogP contribution in [0.2, 0.25) is 0 Å². The molecule has 1 rings (SSSR count). The molecular formula is C10H18O5. The molecule has 0 bridgehead atoms. The highest BCUT2D eigenvalue weighted by atomic mass is 16.7. The molecule has 2 atom stereocenters. The molecule has 5 nitrogen and oxygen atoms in total. The number of hydrogen-bond acceptors (Lipinski definition) is 5. The molecule has 0 unspecified atom stereocenters. The molecule has 88 valence electrons. The van der Waals surface area contributed by atoms with Crippen LogP contribution in [0.15, 0.2) is 0 Å². The first-order valence-corrected chi connectivity index (χ1v) is 5.10. The van der Waals surface area contributed by atoms with Crippen molar-refractivity contribution in [1.82, 2.24) is 0 Å². The first-order valence-electron chi connectivity index (χ1n) is 5.10. The number of esters is 1. The average molecular weight is 218 g/mol. The number of cyclic esters (lactones) is 1. The van der Waals surface area contributed by atoms with Gasteiger partial charge >= 0.3 is 5.97 Å². The van der Waals surface area contributed by atoms with E-state index >= 15 is 0 Å². The number of carbonyl (C=O) groups excluding carboxylic acids is 1. The maximum atomic E-state index is 11.1. The fourth-order valence-electron chi connectivity index (χ4n) is 1.43. The normalized spacial score (nSPS) is 26.4. The van der Waals surface area contributed by atoms with Gasteiger partial charge in [0.1, 0.15) is 12.9 Å². The van der Waals surface area contributed by atoms with Crippen LogP contribution in [0.5, 0.6) is 0 Å². The SMILES string of the molecule is COCCOCO[C@H]1CC(=O)O[C@@H](C)C1. The monoisotopic (exact) mass is 218 g/mol. The molecule has 0 aromatic heterocycles. The second-order valence-electron chi connectivity index (χ2n) is 3.55. The third-order valence-electron chi connectivity index (χ3n) is 2.14. The molecule has 1 fully saturated rings. The summed E-state index contributed by atoms with van der Waals surface area (Å²) < 4.78 is 20.3. The molecule has 0 aromatic carbocycles. The minimum Gasteiger partial charge on any atom is -0.462 e. The van der Waals surface area contributed by atoms with Crippen molar-refractivity contribution in [3.05, 3.63) is 0 Å². The third-order valence-corrected chi connectivity index (χ3v) is 2.14. The van der Waals surface area contributed by atoms with E-state index in [1.165, 1.54) is 0 Å². The Balaban J connectivity index is 2.07. The Kier molecular flexibility index (Phi) is 5.60. The first-order chi connectivity index (χ1) is 7.22. The highest BCUT2D eigenvalue weighted by Crippen LogP contribution is 2.17. The average Bonchev–Trinajstić information content (AvgIpc) is 2.16. The standard InChI is InChI=1S/C10H18O5/c1-8-5-9(6-10(11)15-8)14-7-13-4-3-12-2/h8-9H,3-7H2,1-2H3/t8-,9+/m0/s1. The van der Waals surface area contributed by atoms with Gasteiger partial charge < -0.3 is 18.9 Å². The van der Waals surface area contributed by atoms with Crippen molar-refractivity contribution >= 4 is 5.97 Å². The Labute approximate surface area is 89.6 Å². The predicted molar refractivity (Wildman–Crippen MR) is 52.4 cm³/mol. The highest BCUT2D eigenvalue weighted by molar-refractivity contribution is 5.70. The van der Waals surface area contributed by atoms with Crippen LogP contribution in [0, 0.1) is 0 Å². The highest BCUT2D eigenvalue weighted by Gasteiger charge is 2.26. The van der Waals surface area contributed by atoms with Gasteiger partial charge in [-0.05, 0) is 6.92 Å². The van der Waals surface area contributed by atoms with Crippen molar-refractivity contribution in [2.24, 2.45) is 0 Å². The van der Waals surface area contributed by atoms with Gasteiger partial charge in [-0.3, -0.25) is 4.79 Å². The summed E-state index contributed by atoms with van der Waals surface area (Å²) in [4.78, 5) is 11.1. The van der Waals surface area contributed by atoms with E-state index in [0.717, 1.165) is 6.42 Å². The lowest BCUT2D eigenvalue weighted by molar-refractivity contribution is -0.170. The number of hydrogen-bond donors (Lipinski definition) is 0. The van der Waals surface area contributed by atoms with Crippen molar-refractivity contribution < 1.29 is 23.7 Å². The van der Waals surface area contributed by atoms with Crippen molar-refractivity contribution in [3.63, 3.8) is 0 Å². The smallest absolute Gasteiger partial charge is 0.308 e. The fourth-order valence-corrected chi connectivity index (χ4v) is 1.43. The minimum absolute atomic E-state index is 0.0600. The summed E-state index contributed by atoms with van der Waals surface area (Å²) in [6.45, 7) is 3.11. The zero-order chi connectivity index (χ0) is 11.1. The van der Waals surface area contributed by atoms with Gasteiger partial charge in [-0.25, -0.2) is 0 Å². The van der Waals surface area contributed by atoms with E-state index in [1.54, 1.807) is 7.11 Å². The number of ether oxygens (including phenoxy) is 4. The molecule has 1 heterocycles. The van der Waals surface area contributed by atoms with Crippen molar-refractivity contribution in [2.45, 2.75) is 32.0 Å². The van der Waals surface area contributed by atoms with E-state index in [4.69, 9.17) is 18.9 Å². The van der Waals surface area contributed by atoms with Crippen LogP contribution in [0.3, 0.4) is 0 Å². The molecule has 15 heavy (non-hydrogen) atoms. The summed E-state index contributed by atoms with van der Waals surface area (Å²) in [5.41, 5.74) is 0. The Morgan fingerprint density at radius 2 is 2.27 bits per heavy atom. The maximum absolute atomic E-state index is 11.1. The molecule has 1 aliphatic rings. The molecule has 0 radical (unpaired) electrons. The summed E-state index contributed by atoms with van der Waals surface area (Å²) in [6, 6.07) is 0. The van der Waals surface area contributed by atoms with Gasteiger partial charge in [0, 0.05) is 13.5 Å². The van der Waals surface area contributed by atoms with Crippen LogP contribution in [0.4, 0.5) is 0 Å². The molecule has 1 saturated heterocycles. The molecule has 0 amide bonds. The topological polar surface area (TPSA) is 54.0 Å². The van der Waals surface area contributed by atoms with Gasteiger partial charge in [-0.15, -0.1) is 0 Å². The van der Waals surface area contributed by atoms with Crippen molar-refractivity contribution in [1.29, 1.82) is 0 Å². The second-order valence-corrected chi connectivity index (χ2v) is 3.55. The third kappa shape index (κ3) is 5.11. The molecule has 1 aliphatic heterocycles. The maximum Gasteiger partial charge on any atom is 0.308 e. The lowest BCUT2D eigenvalue weighted by atomic mass is 10.1. The Morgan fingerprint density at radius 3 is 2.93 bits per heavy atom. The lowest BCUT2D eigenvalue weighted by Crippen LogP contribution is -2.33.